The van der Waals surface area contributed by atoms with Crippen molar-refractivity contribution in [2.24, 2.45) is 0 Å². The maximum Gasteiger partial charge on any atom is 0.255 e. The lowest BCUT2D eigenvalue weighted by Crippen LogP contribution is -2.31. The van der Waals surface area contributed by atoms with Crippen molar-refractivity contribution in [1.29, 1.82) is 0 Å². The third-order valence-electron chi connectivity index (χ3n) is 2.16. The molecule has 0 aliphatic heterocycles. The fraction of sp³-hybridized carbons (Fsp3) is 0.364. The molecule has 1 aromatic rings. The number of halogens is 3. The van der Waals surface area contributed by atoms with Crippen LogP contribution < -0.4 is 0 Å². The first-order chi connectivity index (χ1) is 7.41. The minimum Gasteiger partial charge on any atom is -0.336 e. The number of amides is 1. The first kappa shape index (κ1) is 12.5. The summed E-state index contributed by atoms with van der Waals surface area (Å²) in [6.07, 6.45) is -2.57. The van der Waals surface area contributed by atoms with Crippen molar-refractivity contribution >= 4 is 5.91 Å². The molecule has 0 bridgehead atoms. The Bertz CT molecular complexity index is 393. The Labute approximate surface area is 91.7 Å². The summed E-state index contributed by atoms with van der Waals surface area (Å²) in [5.41, 5.74) is 0.526. The lowest BCUT2D eigenvalue weighted by atomic mass is 10.1. The number of carbonyl (C=O) groups is 1. The zero-order valence-electron chi connectivity index (χ0n) is 9.01. The highest BCUT2D eigenvalue weighted by Crippen LogP contribution is 2.11. The first-order valence-corrected chi connectivity index (χ1v) is 4.71. The molecule has 1 aromatic carbocycles. The molecule has 0 N–H and O–H groups in total. The maximum absolute atomic E-state index is 12.9. The fourth-order valence-electron chi connectivity index (χ4n) is 1.29. The predicted molar refractivity (Wildman–Crippen MR) is 54.1 cm³/mol. The summed E-state index contributed by atoms with van der Waals surface area (Å²) in [7, 11) is 1.28. The normalized spacial score (nSPS) is 10.6. The molecule has 0 saturated carbocycles. The van der Waals surface area contributed by atoms with Gasteiger partial charge in [-0.2, -0.15) is 0 Å². The van der Waals surface area contributed by atoms with Crippen LogP contribution in [0.1, 0.15) is 15.9 Å². The molecule has 0 spiro atoms. The first-order valence-electron chi connectivity index (χ1n) is 4.71. The second-order valence-corrected chi connectivity index (χ2v) is 3.54. The largest absolute Gasteiger partial charge is 0.336 e. The number of aryl methyl sites for hydroxylation is 1. The molecule has 0 unspecified atom stereocenters. The van der Waals surface area contributed by atoms with Gasteiger partial charge in [-0.25, -0.2) is 13.2 Å². The summed E-state index contributed by atoms with van der Waals surface area (Å²) in [5, 5.41) is 0. The molecule has 0 aromatic heterocycles. The Morgan fingerprint density at radius 3 is 2.56 bits per heavy atom. The molecule has 0 heterocycles. The van der Waals surface area contributed by atoms with Crippen LogP contribution in [0.4, 0.5) is 13.2 Å². The molecule has 1 amide bonds. The highest BCUT2D eigenvalue weighted by molar-refractivity contribution is 5.94. The number of nitrogens with zero attached hydrogens (tertiary/aromatic N) is 1. The fourth-order valence-corrected chi connectivity index (χ4v) is 1.29. The van der Waals surface area contributed by atoms with Gasteiger partial charge in [0.25, 0.3) is 12.3 Å². The quantitative estimate of drug-likeness (QED) is 0.782. The molecule has 88 valence electrons. The Morgan fingerprint density at radius 2 is 2.06 bits per heavy atom. The minimum atomic E-state index is -2.57. The van der Waals surface area contributed by atoms with Gasteiger partial charge in [0.2, 0.25) is 0 Å². The Kier molecular flexibility index (Phi) is 3.93. The van der Waals surface area contributed by atoms with Crippen LogP contribution in [0, 0.1) is 12.7 Å². The molecule has 0 fully saturated rings. The van der Waals surface area contributed by atoms with E-state index in [-0.39, 0.29) is 5.56 Å². The van der Waals surface area contributed by atoms with Gasteiger partial charge in [-0.15, -0.1) is 0 Å². The molecule has 2 nitrogen and oxygen atoms in total. The van der Waals surface area contributed by atoms with Crippen molar-refractivity contribution in [3.8, 4) is 0 Å². The smallest absolute Gasteiger partial charge is 0.255 e. The van der Waals surface area contributed by atoms with Crippen LogP contribution in [0.2, 0.25) is 0 Å². The number of benzene rings is 1. The number of hydrogen-bond donors (Lipinski definition) is 0. The van der Waals surface area contributed by atoms with Crippen LogP contribution in [-0.4, -0.2) is 30.8 Å². The van der Waals surface area contributed by atoms with Crippen molar-refractivity contribution in [2.75, 3.05) is 13.6 Å². The van der Waals surface area contributed by atoms with Crippen LogP contribution >= 0.6 is 0 Å². The van der Waals surface area contributed by atoms with Gasteiger partial charge in [-0.3, -0.25) is 4.79 Å². The molecule has 0 saturated heterocycles. The zero-order valence-corrected chi connectivity index (χ0v) is 9.01. The molecular weight excluding hydrogens is 219 g/mol. The summed E-state index contributed by atoms with van der Waals surface area (Å²) in [4.78, 5) is 12.5. The van der Waals surface area contributed by atoms with Gasteiger partial charge in [0.15, 0.2) is 0 Å². The molecule has 0 radical (unpaired) electrons. The van der Waals surface area contributed by atoms with E-state index in [4.69, 9.17) is 0 Å². The van der Waals surface area contributed by atoms with Crippen LogP contribution in [-0.2, 0) is 0 Å². The van der Waals surface area contributed by atoms with E-state index < -0.39 is 24.7 Å². The summed E-state index contributed by atoms with van der Waals surface area (Å²) in [6.45, 7) is 0.883. The third kappa shape index (κ3) is 2.98. The van der Waals surface area contributed by atoms with Crippen LogP contribution in [0.5, 0.6) is 0 Å². The van der Waals surface area contributed by atoms with Crippen molar-refractivity contribution in [1.82, 2.24) is 4.90 Å². The summed E-state index contributed by atoms with van der Waals surface area (Å²) >= 11 is 0. The maximum atomic E-state index is 12.9. The van der Waals surface area contributed by atoms with E-state index in [0.29, 0.717) is 5.56 Å². The second kappa shape index (κ2) is 5.01. The van der Waals surface area contributed by atoms with Gasteiger partial charge in [-0.1, -0.05) is 0 Å². The summed E-state index contributed by atoms with van der Waals surface area (Å²) in [6, 6.07) is 3.78. The lowest BCUT2D eigenvalue weighted by Gasteiger charge is -2.16. The number of carbonyl (C=O) groups excluding carboxylic acids is 1. The standard InChI is InChI=1S/C11H12F3NO/c1-7-5-8(3-4-9(7)12)11(16)15(2)6-10(13)14/h3-5,10H,6H2,1-2H3. The van der Waals surface area contributed by atoms with E-state index in [9.17, 15) is 18.0 Å². The SMILES string of the molecule is Cc1cc(C(=O)N(C)CC(F)F)ccc1F. The molecule has 0 atom stereocenters. The molecule has 5 heteroatoms. The number of rotatable bonds is 3. The van der Waals surface area contributed by atoms with Gasteiger partial charge >= 0.3 is 0 Å². The summed E-state index contributed by atoms with van der Waals surface area (Å²) < 4.78 is 37.0. The summed E-state index contributed by atoms with van der Waals surface area (Å²) in [5.74, 6) is -0.962. The van der Waals surface area contributed by atoms with E-state index >= 15 is 0 Å². The zero-order chi connectivity index (χ0) is 12.3. The number of alkyl halides is 2. The van der Waals surface area contributed by atoms with E-state index in [0.717, 1.165) is 11.0 Å². The minimum absolute atomic E-state index is 0.210. The predicted octanol–water partition coefficient (Wildman–Crippen LogP) is 2.47. The van der Waals surface area contributed by atoms with Crippen molar-refractivity contribution in [3.63, 3.8) is 0 Å². The van der Waals surface area contributed by atoms with Crippen molar-refractivity contribution < 1.29 is 18.0 Å². The Balaban J connectivity index is 2.84. The van der Waals surface area contributed by atoms with Gasteiger partial charge in [-0.05, 0) is 30.7 Å². The molecular formula is C11H12F3NO. The van der Waals surface area contributed by atoms with E-state index in [1.807, 2.05) is 0 Å². The van der Waals surface area contributed by atoms with Gasteiger partial charge in [0.05, 0.1) is 6.54 Å². The van der Waals surface area contributed by atoms with Crippen LogP contribution in [0.25, 0.3) is 0 Å². The molecule has 1 rings (SSSR count). The average molecular weight is 231 g/mol. The molecule has 16 heavy (non-hydrogen) atoms. The topological polar surface area (TPSA) is 20.3 Å². The van der Waals surface area contributed by atoms with E-state index in [2.05, 4.69) is 0 Å². The Morgan fingerprint density at radius 1 is 1.44 bits per heavy atom. The Hall–Kier alpha value is -1.52. The van der Waals surface area contributed by atoms with E-state index in [1.54, 1.807) is 0 Å². The van der Waals surface area contributed by atoms with E-state index in [1.165, 1.54) is 26.1 Å². The lowest BCUT2D eigenvalue weighted by molar-refractivity contribution is 0.0620. The van der Waals surface area contributed by atoms with Gasteiger partial charge in [0.1, 0.15) is 5.82 Å². The average Bonchev–Trinajstić information content (AvgIpc) is 2.20. The van der Waals surface area contributed by atoms with Gasteiger partial charge < -0.3 is 4.90 Å². The molecule has 0 aliphatic carbocycles. The molecule has 0 aliphatic rings. The highest BCUT2D eigenvalue weighted by Gasteiger charge is 2.16. The van der Waals surface area contributed by atoms with Crippen LogP contribution in [0.15, 0.2) is 18.2 Å². The van der Waals surface area contributed by atoms with Crippen molar-refractivity contribution in [2.45, 2.75) is 13.3 Å². The monoisotopic (exact) mass is 231 g/mol. The van der Waals surface area contributed by atoms with Crippen LogP contribution in [0.3, 0.4) is 0 Å². The van der Waals surface area contributed by atoms with Crippen molar-refractivity contribution in [3.05, 3.63) is 35.1 Å². The third-order valence-corrected chi connectivity index (χ3v) is 2.16. The van der Waals surface area contributed by atoms with Gasteiger partial charge in [0, 0.05) is 12.6 Å². The highest BCUT2D eigenvalue weighted by atomic mass is 19.3. The second-order valence-electron chi connectivity index (χ2n) is 3.54. The number of hydrogen-bond acceptors (Lipinski definition) is 1.